The van der Waals surface area contributed by atoms with E-state index in [0.717, 1.165) is 5.75 Å². The van der Waals surface area contributed by atoms with Gasteiger partial charge in [-0.2, -0.15) is 0 Å². The van der Waals surface area contributed by atoms with Gasteiger partial charge in [-0.05, 0) is 26.0 Å². The van der Waals surface area contributed by atoms with E-state index in [1.54, 1.807) is 25.8 Å². The van der Waals surface area contributed by atoms with Crippen molar-refractivity contribution >= 4 is 5.91 Å². The van der Waals surface area contributed by atoms with E-state index >= 15 is 0 Å². The van der Waals surface area contributed by atoms with Crippen LogP contribution < -0.4 is 4.74 Å². The summed E-state index contributed by atoms with van der Waals surface area (Å²) in [6.45, 7) is 4.50. The summed E-state index contributed by atoms with van der Waals surface area (Å²) < 4.78 is 10.7. The Morgan fingerprint density at radius 1 is 1.28 bits per heavy atom. The van der Waals surface area contributed by atoms with Crippen molar-refractivity contribution in [3.63, 3.8) is 0 Å². The van der Waals surface area contributed by atoms with Gasteiger partial charge in [-0.15, -0.1) is 0 Å². The minimum atomic E-state index is -0.790. The summed E-state index contributed by atoms with van der Waals surface area (Å²) in [5.74, 6) is 0.756. The van der Waals surface area contributed by atoms with Crippen LogP contribution in [0.3, 0.4) is 0 Å². The van der Waals surface area contributed by atoms with Crippen molar-refractivity contribution in [2.75, 3.05) is 27.3 Å². The molecule has 1 aromatic rings. The lowest BCUT2D eigenvalue weighted by Crippen LogP contribution is -2.45. The number of nitrogens with zero attached hydrogens (tertiary/aromatic N) is 1. The second-order valence-electron chi connectivity index (χ2n) is 4.60. The van der Waals surface area contributed by atoms with Crippen LogP contribution in [0.4, 0.5) is 0 Å². The monoisotopic (exact) mass is 251 g/mol. The van der Waals surface area contributed by atoms with E-state index in [0.29, 0.717) is 13.2 Å². The molecule has 18 heavy (non-hydrogen) atoms. The van der Waals surface area contributed by atoms with Crippen LogP contribution in [-0.4, -0.2) is 43.7 Å². The van der Waals surface area contributed by atoms with Crippen molar-refractivity contribution in [3.05, 3.63) is 30.3 Å². The van der Waals surface area contributed by atoms with Crippen LogP contribution in [-0.2, 0) is 9.53 Å². The summed E-state index contributed by atoms with van der Waals surface area (Å²) in [4.78, 5) is 13.6. The van der Waals surface area contributed by atoms with Crippen molar-refractivity contribution in [2.24, 2.45) is 0 Å². The minimum Gasteiger partial charge on any atom is -0.492 e. The van der Waals surface area contributed by atoms with Crippen LogP contribution in [0.1, 0.15) is 13.8 Å². The maximum absolute atomic E-state index is 12.0. The molecule has 0 bridgehead atoms. The molecule has 0 saturated heterocycles. The molecule has 0 fully saturated rings. The molecule has 1 aromatic carbocycles. The summed E-state index contributed by atoms with van der Waals surface area (Å²) in [6.07, 6.45) is 0. The van der Waals surface area contributed by atoms with Crippen LogP contribution in [0.5, 0.6) is 5.75 Å². The van der Waals surface area contributed by atoms with E-state index in [2.05, 4.69) is 0 Å². The molecule has 0 heterocycles. The van der Waals surface area contributed by atoms with Crippen LogP contribution in [0.2, 0.25) is 0 Å². The molecule has 4 nitrogen and oxygen atoms in total. The molecule has 4 heteroatoms. The van der Waals surface area contributed by atoms with Gasteiger partial charge in [-0.3, -0.25) is 4.79 Å². The fourth-order valence-corrected chi connectivity index (χ4v) is 1.47. The van der Waals surface area contributed by atoms with Gasteiger partial charge >= 0.3 is 0 Å². The van der Waals surface area contributed by atoms with Crippen molar-refractivity contribution < 1.29 is 14.3 Å². The number of rotatable bonds is 6. The zero-order valence-corrected chi connectivity index (χ0v) is 11.5. The second-order valence-corrected chi connectivity index (χ2v) is 4.60. The SMILES string of the molecule is COC(C)(C)C(=O)N(C)CCOc1ccccc1. The fourth-order valence-electron chi connectivity index (χ4n) is 1.47. The van der Waals surface area contributed by atoms with Crippen molar-refractivity contribution in [1.82, 2.24) is 4.90 Å². The zero-order valence-electron chi connectivity index (χ0n) is 11.5. The van der Waals surface area contributed by atoms with Crippen LogP contribution >= 0.6 is 0 Å². The van der Waals surface area contributed by atoms with Crippen molar-refractivity contribution in [2.45, 2.75) is 19.4 Å². The quantitative estimate of drug-likeness (QED) is 0.775. The molecule has 1 amide bonds. The smallest absolute Gasteiger partial charge is 0.254 e. The number of ether oxygens (including phenoxy) is 2. The molecule has 0 saturated carbocycles. The third-order valence-electron chi connectivity index (χ3n) is 2.81. The number of para-hydroxylation sites is 1. The van der Waals surface area contributed by atoms with Gasteiger partial charge in [0.1, 0.15) is 18.0 Å². The highest BCUT2D eigenvalue weighted by molar-refractivity contribution is 5.84. The lowest BCUT2D eigenvalue weighted by Gasteiger charge is -2.28. The highest BCUT2D eigenvalue weighted by atomic mass is 16.5. The Kier molecular flexibility index (Phi) is 5.16. The van der Waals surface area contributed by atoms with Gasteiger partial charge in [0, 0.05) is 14.2 Å². The average molecular weight is 251 g/mol. The first-order chi connectivity index (χ1) is 8.47. The fraction of sp³-hybridized carbons (Fsp3) is 0.500. The largest absolute Gasteiger partial charge is 0.492 e. The lowest BCUT2D eigenvalue weighted by molar-refractivity contribution is -0.149. The summed E-state index contributed by atoms with van der Waals surface area (Å²) in [6, 6.07) is 9.54. The summed E-state index contributed by atoms with van der Waals surface area (Å²) in [5, 5.41) is 0. The first-order valence-electron chi connectivity index (χ1n) is 5.96. The maximum atomic E-state index is 12.0. The van der Waals surface area contributed by atoms with Crippen LogP contribution in [0.25, 0.3) is 0 Å². The molecular formula is C14H21NO3. The zero-order chi connectivity index (χ0) is 13.6. The minimum absolute atomic E-state index is 0.0540. The third kappa shape index (κ3) is 4.04. The topological polar surface area (TPSA) is 38.8 Å². The summed E-state index contributed by atoms with van der Waals surface area (Å²) >= 11 is 0. The van der Waals surface area contributed by atoms with E-state index in [1.807, 2.05) is 30.3 Å². The Labute approximate surface area is 108 Å². The Morgan fingerprint density at radius 3 is 2.44 bits per heavy atom. The van der Waals surface area contributed by atoms with E-state index in [1.165, 1.54) is 7.11 Å². The number of likely N-dealkylation sites (N-methyl/N-ethyl adjacent to an activating group) is 1. The van der Waals surface area contributed by atoms with Gasteiger partial charge in [0.2, 0.25) is 0 Å². The molecule has 0 N–H and O–H groups in total. The Balaban J connectivity index is 2.38. The van der Waals surface area contributed by atoms with Gasteiger partial charge in [0.15, 0.2) is 0 Å². The molecule has 0 aliphatic carbocycles. The molecule has 0 spiro atoms. The van der Waals surface area contributed by atoms with Crippen molar-refractivity contribution in [1.29, 1.82) is 0 Å². The third-order valence-corrected chi connectivity index (χ3v) is 2.81. The number of amides is 1. The van der Waals surface area contributed by atoms with E-state index < -0.39 is 5.60 Å². The predicted molar refractivity (Wildman–Crippen MR) is 70.7 cm³/mol. The number of carbonyl (C=O) groups excluding carboxylic acids is 1. The summed E-state index contributed by atoms with van der Waals surface area (Å²) in [5.41, 5.74) is -0.790. The predicted octanol–water partition coefficient (Wildman–Crippen LogP) is 1.95. The van der Waals surface area contributed by atoms with Gasteiger partial charge in [-0.1, -0.05) is 18.2 Å². The molecular weight excluding hydrogens is 230 g/mol. The lowest BCUT2D eigenvalue weighted by atomic mass is 10.1. The summed E-state index contributed by atoms with van der Waals surface area (Å²) in [7, 11) is 3.28. The Bertz CT molecular complexity index is 376. The molecule has 1 rings (SSSR count). The number of hydrogen-bond acceptors (Lipinski definition) is 3. The van der Waals surface area contributed by atoms with E-state index in [-0.39, 0.29) is 5.91 Å². The standard InChI is InChI=1S/C14H21NO3/c1-14(2,17-4)13(16)15(3)10-11-18-12-8-6-5-7-9-12/h5-9H,10-11H2,1-4H3. The Hall–Kier alpha value is -1.55. The van der Waals surface area contributed by atoms with Crippen molar-refractivity contribution in [3.8, 4) is 5.75 Å². The van der Waals surface area contributed by atoms with Gasteiger partial charge in [0.25, 0.3) is 5.91 Å². The second kappa shape index (κ2) is 6.40. The molecule has 0 aromatic heterocycles. The van der Waals surface area contributed by atoms with Gasteiger partial charge < -0.3 is 14.4 Å². The first-order valence-corrected chi connectivity index (χ1v) is 5.96. The molecule has 0 unspecified atom stereocenters. The first kappa shape index (κ1) is 14.5. The number of methoxy groups -OCH3 is 1. The molecule has 0 aliphatic heterocycles. The van der Waals surface area contributed by atoms with E-state index in [4.69, 9.17) is 9.47 Å². The van der Waals surface area contributed by atoms with E-state index in [9.17, 15) is 4.79 Å². The molecule has 100 valence electrons. The van der Waals surface area contributed by atoms with Gasteiger partial charge in [0.05, 0.1) is 6.54 Å². The molecule has 0 radical (unpaired) electrons. The number of hydrogen-bond donors (Lipinski definition) is 0. The highest BCUT2D eigenvalue weighted by Gasteiger charge is 2.29. The number of carbonyl (C=O) groups is 1. The average Bonchev–Trinajstić information content (AvgIpc) is 2.39. The maximum Gasteiger partial charge on any atom is 0.254 e. The molecule has 0 aliphatic rings. The van der Waals surface area contributed by atoms with Crippen LogP contribution in [0.15, 0.2) is 30.3 Å². The Morgan fingerprint density at radius 2 is 1.89 bits per heavy atom. The number of benzene rings is 1. The highest BCUT2D eigenvalue weighted by Crippen LogP contribution is 2.12. The molecule has 0 atom stereocenters. The normalized spacial score (nSPS) is 11.1. The van der Waals surface area contributed by atoms with Crippen LogP contribution in [0, 0.1) is 0 Å². The van der Waals surface area contributed by atoms with Gasteiger partial charge in [-0.25, -0.2) is 0 Å².